The molecule has 3 rings (SSSR count). The minimum absolute atomic E-state index is 0. The molecule has 1 aliphatic heterocycles. The molecule has 0 amide bonds. The Bertz CT molecular complexity index is 885. The molecule has 0 unspecified atom stereocenters. The van der Waals surface area contributed by atoms with Crippen LogP contribution in [0.1, 0.15) is 24.8 Å². The van der Waals surface area contributed by atoms with E-state index in [-0.39, 0.29) is 24.8 Å². The zero-order valence-corrected chi connectivity index (χ0v) is 21.5. The van der Waals surface area contributed by atoms with E-state index in [0.717, 1.165) is 39.0 Å². The predicted molar refractivity (Wildman–Crippen MR) is 138 cm³/mol. The average molecular weight is 506 g/mol. The van der Waals surface area contributed by atoms with Crippen molar-refractivity contribution >= 4 is 52.1 Å². The van der Waals surface area contributed by atoms with Gasteiger partial charge in [0.1, 0.15) is 0 Å². The number of hydrogen-bond acceptors (Lipinski definition) is 5. The van der Waals surface area contributed by atoms with Crippen LogP contribution in [-0.4, -0.2) is 52.0 Å². The Balaban J connectivity index is 0.00000240. The second-order valence-corrected chi connectivity index (χ2v) is 10.8. The third-order valence-corrected chi connectivity index (χ3v) is 7.49. The number of likely N-dealkylation sites (tertiary alicyclic amines) is 1. The molecule has 1 heterocycles. The van der Waals surface area contributed by atoms with Crippen molar-refractivity contribution in [2.24, 2.45) is 5.92 Å². The fourth-order valence-electron chi connectivity index (χ4n) is 3.89. The monoisotopic (exact) mass is 504 g/mol. The molecular formula is C23H34Cl2N2O2S2. The van der Waals surface area contributed by atoms with E-state index in [1.54, 1.807) is 23.9 Å². The van der Waals surface area contributed by atoms with Crippen molar-refractivity contribution in [2.75, 3.05) is 44.0 Å². The van der Waals surface area contributed by atoms with Crippen LogP contribution in [0, 0.1) is 5.92 Å². The van der Waals surface area contributed by atoms with E-state index in [2.05, 4.69) is 40.7 Å². The molecular weight excluding hydrogens is 471 g/mol. The second kappa shape index (κ2) is 13.6. The lowest BCUT2D eigenvalue weighted by molar-refractivity contribution is 0.183. The van der Waals surface area contributed by atoms with E-state index >= 15 is 0 Å². The summed E-state index contributed by atoms with van der Waals surface area (Å²) < 4.78 is 23.2. The Hall–Kier alpha value is -0.920. The number of thioether (sulfide) groups is 1. The molecule has 8 heteroatoms. The molecule has 0 spiro atoms. The van der Waals surface area contributed by atoms with Crippen molar-refractivity contribution in [3.05, 3.63) is 54.1 Å². The van der Waals surface area contributed by atoms with Crippen LogP contribution in [0.2, 0.25) is 0 Å². The Morgan fingerprint density at radius 1 is 1.06 bits per heavy atom. The smallest absolute Gasteiger partial charge is 0.175 e. The number of nitrogens with one attached hydrogen (secondary N) is 1. The molecule has 0 saturated carbocycles. The van der Waals surface area contributed by atoms with Crippen LogP contribution in [-0.2, 0) is 16.3 Å². The van der Waals surface area contributed by atoms with Gasteiger partial charge in [-0.15, -0.1) is 36.6 Å². The molecule has 1 N–H and O–H groups in total. The number of hydrogen-bond donors (Lipinski definition) is 1. The summed E-state index contributed by atoms with van der Waals surface area (Å²) in [7, 11) is -3.11. The van der Waals surface area contributed by atoms with E-state index in [0.29, 0.717) is 10.8 Å². The fourth-order valence-corrected chi connectivity index (χ4v) is 4.98. The first-order valence-corrected chi connectivity index (χ1v) is 13.4. The van der Waals surface area contributed by atoms with E-state index in [1.807, 2.05) is 12.1 Å². The summed E-state index contributed by atoms with van der Waals surface area (Å²) >= 11 is 1.77. The van der Waals surface area contributed by atoms with E-state index < -0.39 is 9.84 Å². The fraction of sp³-hybridized carbons (Fsp3) is 0.478. The average Bonchev–Trinajstić information content (AvgIpc) is 2.72. The summed E-state index contributed by atoms with van der Waals surface area (Å²) in [6.45, 7) is 4.47. The number of piperidine rings is 1. The minimum atomic E-state index is -3.11. The van der Waals surface area contributed by atoms with Gasteiger partial charge >= 0.3 is 0 Å². The maximum Gasteiger partial charge on any atom is 0.175 e. The van der Waals surface area contributed by atoms with Crippen molar-refractivity contribution in [1.82, 2.24) is 4.90 Å². The molecule has 1 saturated heterocycles. The topological polar surface area (TPSA) is 49.4 Å². The highest BCUT2D eigenvalue weighted by atomic mass is 35.5. The van der Waals surface area contributed by atoms with Crippen LogP contribution >= 0.6 is 36.6 Å². The number of sulfone groups is 1. The van der Waals surface area contributed by atoms with Gasteiger partial charge in [0.2, 0.25) is 0 Å². The van der Waals surface area contributed by atoms with Gasteiger partial charge in [0.25, 0.3) is 0 Å². The van der Waals surface area contributed by atoms with Crippen LogP contribution in [0.25, 0.3) is 0 Å². The number of benzene rings is 2. The van der Waals surface area contributed by atoms with Gasteiger partial charge in [-0.1, -0.05) is 18.2 Å². The first-order valence-electron chi connectivity index (χ1n) is 10.3. The maximum atomic E-state index is 11.6. The van der Waals surface area contributed by atoms with E-state index in [1.165, 1.54) is 35.2 Å². The number of anilines is 1. The van der Waals surface area contributed by atoms with Crippen LogP contribution in [0.4, 0.5) is 5.69 Å². The van der Waals surface area contributed by atoms with Gasteiger partial charge < -0.3 is 10.2 Å². The first-order chi connectivity index (χ1) is 13.9. The van der Waals surface area contributed by atoms with Crippen LogP contribution in [0.5, 0.6) is 0 Å². The molecule has 2 aromatic carbocycles. The molecule has 0 aliphatic carbocycles. The highest BCUT2D eigenvalue weighted by Crippen LogP contribution is 2.23. The van der Waals surface area contributed by atoms with Crippen molar-refractivity contribution in [2.45, 2.75) is 35.5 Å². The molecule has 2 aromatic rings. The van der Waals surface area contributed by atoms with Crippen molar-refractivity contribution in [1.29, 1.82) is 0 Å². The predicted octanol–water partition coefficient (Wildman–Crippen LogP) is 5.41. The minimum Gasteiger partial charge on any atom is -0.385 e. The highest BCUT2D eigenvalue weighted by molar-refractivity contribution is 7.98. The molecule has 174 valence electrons. The summed E-state index contributed by atoms with van der Waals surface area (Å²) in [5.74, 6) is 0.697. The van der Waals surface area contributed by atoms with Crippen molar-refractivity contribution in [3.63, 3.8) is 0 Å². The Morgan fingerprint density at radius 3 is 2.35 bits per heavy atom. The second-order valence-electron chi connectivity index (χ2n) is 7.92. The van der Waals surface area contributed by atoms with Crippen LogP contribution in [0.3, 0.4) is 0 Å². The van der Waals surface area contributed by atoms with Crippen molar-refractivity contribution < 1.29 is 8.42 Å². The molecule has 0 bridgehead atoms. The quantitative estimate of drug-likeness (QED) is 0.365. The molecule has 31 heavy (non-hydrogen) atoms. The number of nitrogens with zero attached hydrogens (tertiary/aromatic N) is 1. The third-order valence-electron chi connectivity index (χ3n) is 5.63. The normalized spacial score (nSPS) is 15.0. The van der Waals surface area contributed by atoms with Gasteiger partial charge in [0, 0.05) is 23.4 Å². The lowest BCUT2D eigenvalue weighted by atomic mass is 9.90. The summed E-state index contributed by atoms with van der Waals surface area (Å²) in [6, 6.07) is 16.0. The number of halogens is 2. The molecule has 1 fully saturated rings. The van der Waals surface area contributed by atoms with E-state index in [9.17, 15) is 8.42 Å². The zero-order chi connectivity index (χ0) is 20.7. The summed E-state index contributed by atoms with van der Waals surface area (Å²) in [5.41, 5.74) is 2.45. The Morgan fingerprint density at radius 2 is 1.74 bits per heavy atom. The molecule has 1 aliphatic rings. The van der Waals surface area contributed by atoms with Crippen LogP contribution in [0.15, 0.2) is 58.3 Å². The molecule has 0 aromatic heterocycles. The Kier molecular flexibility index (Phi) is 12.3. The standard InChI is InChI=1S/C23H32N2O2S2.2ClH/c1-28-22-6-3-5-21(18-22)24-13-4-14-25-15-11-20(12-16-25)17-19-7-9-23(10-8-19)29(2,26)27;;/h3,5-10,18,20,24H,4,11-17H2,1-2H3;2*1H. The zero-order valence-electron chi connectivity index (χ0n) is 18.2. The SMILES string of the molecule is CSc1cccc(NCCCN2CCC(Cc3ccc(S(C)(=O)=O)cc3)CC2)c1.Cl.Cl. The maximum absolute atomic E-state index is 11.6. The Labute approximate surface area is 204 Å². The first kappa shape index (κ1) is 28.1. The van der Waals surface area contributed by atoms with Gasteiger partial charge in [0.15, 0.2) is 9.84 Å². The van der Waals surface area contributed by atoms with Gasteiger partial charge in [-0.3, -0.25) is 0 Å². The van der Waals surface area contributed by atoms with Crippen molar-refractivity contribution in [3.8, 4) is 0 Å². The summed E-state index contributed by atoms with van der Waals surface area (Å²) in [5, 5.41) is 3.53. The van der Waals surface area contributed by atoms with Crippen LogP contribution < -0.4 is 5.32 Å². The lowest BCUT2D eigenvalue weighted by Crippen LogP contribution is -2.35. The lowest BCUT2D eigenvalue weighted by Gasteiger charge is -2.32. The summed E-state index contributed by atoms with van der Waals surface area (Å²) in [4.78, 5) is 4.27. The number of rotatable bonds is 9. The largest absolute Gasteiger partial charge is 0.385 e. The molecule has 0 radical (unpaired) electrons. The van der Waals surface area contributed by atoms with Gasteiger partial charge in [-0.25, -0.2) is 8.42 Å². The molecule has 4 nitrogen and oxygen atoms in total. The van der Waals surface area contributed by atoms with E-state index in [4.69, 9.17) is 0 Å². The van der Waals surface area contributed by atoms with Gasteiger partial charge in [-0.2, -0.15) is 0 Å². The summed E-state index contributed by atoms with van der Waals surface area (Å²) in [6.07, 6.45) is 8.00. The van der Waals surface area contributed by atoms with Gasteiger partial charge in [0.05, 0.1) is 4.90 Å². The van der Waals surface area contributed by atoms with Gasteiger partial charge in [-0.05, 0) is 93.4 Å². The third kappa shape index (κ3) is 9.22. The highest BCUT2D eigenvalue weighted by Gasteiger charge is 2.19. The molecule has 0 atom stereocenters.